The molecule has 1 saturated carbocycles. The average molecular weight is 928 g/mol. The van der Waals surface area contributed by atoms with Gasteiger partial charge in [-0.05, 0) is 119 Å². The number of Topliss-reactive ketones (excluding diaryl/α,β-unsaturated/α-hetero) is 3. The minimum atomic E-state index is -2.40. The molecule has 14 nitrogen and oxygen atoms in total. The molecule has 0 aromatic rings. The van der Waals surface area contributed by atoms with Crippen LogP contribution in [0.15, 0.2) is 47.6 Å². The molecule has 14 heteroatoms. The molecule has 3 aliphatic heterocycles. The molecular formula is C52H81NO13. The maximum Gasteiger partial charge on any atom is 0.329 e. The van der Waals surface area contributed by atoms with E-state index in [9.17, 15) is 39.3 Å². The van der Waals surface area contributed by atoms with E-state index in [0.29, 0.717) is 63.4 Å². The predicted molar refractivity (Wildman–Crippen MR) is 250 cm³/mol. The van der Waals surface area contributed by atoms with Crippen molar-refractivity contribution in [2.75, 3.05) is 34.5 Å². The van der Waals surface area contributed by atoms with Gasteiger partial charge >= 0.3 is 5.97 Å². The van der Waals surface area contributed by atoms with Crippen molar-refractivity contribution in [3.8, 4) is 0 Å². The maximum atomic E-state index is 14.4. The largest absolute Gasteiger partial charge is 0.460 e. The molecular weight excluding hydrogens is 847 g/mol. The summed E-state index contributed by atoms with van der Waals surface area (Å²) >= 11 is 0. The standard InChI is InChI=1S/C52H81NO13/c1-31-16-12-11-13-17-32(2)43(62-8)28-39-20-19-37(7)52(61,65-30-39)49(58)50(59)53-23-15-14-18-40(53)51(60)66-44(34(4)26-38-21-22-41(54)45(27-38)63-9)29-42(55)33(3)25-36(6)47(57)48(64-10)46(56)35(5)24-31/h11-13,16-17,25,31,33-35,37-41,43-45,47-48,54,57,61H,14-15,18-24,26-30H2,1-10H3/b13-11+,16-12+,32-17?,36-25+/t31-,33-,34-,35-,37-,38+,39?,40+,41-,43+,44+,45-,47-,48+,52-/m1/s1. The smallest absolute Gasteiger partial charge is 0.329 e. The van der Waals surface area contributed by atoms with Crippen molar-refractivity contribution in [3.05, 3.63) is 47.6 Å². The molecule has 1 aliphatic carbocycles. The Morgan fingerprint density at radius 2 is 1.58 bits per heavy atom. The molecule has 3 heterocycles. The number of rotatable bonds is 6. The van der Waals surface area contributed by atoms with Gasteiger partial charge in [0.15, 0.2) is 5.78 Å². The predicted octanol–water partition coefficient (Wildman–Crippen LogP) is 6.43. The van der Waals surface area contributed by atoms with Crippen LogP contribution in [0, 0.1) is 41.4 Å². The lowest BCUT2D eigenvalue weighted by Gasteiger charge is -2.38. The fourth-order valence-corrected chi connectivity index (χ4v) is 10.3. The third-order valence-electron chi connectivity index (χ3n) is 14.8. The molecule has 66 heavy (non-hydrogen) atoms. The molecule has 0 aromatic heterocycles. The van der Waals surface area contributed by atoms with E-state index in [-0.39, 0.29) is 73.4 Å². The number of aliphatic hydroxyl groups is 3. The minimum Gasteiger partial charge on any atom is -0.460 e. The van der Waals surface area contributed by atoms with Crippen molar-refractivity contribution in [2.24, 2.45) is 41.4 Å². The summed E-state index contributed by atoms with van der Waals surface area (Å²) in [6.45, 7) is 12.9. The van der Waals surface area contributed by atoms with Crippen LogP contribution in [-0.4, -0.2) is 132 Å². The van der Waals surface area contributed by atoms with Crippen LogP contribution in [0.25, 0.3) is 0 Å². The topological polar surface area (TPSA) is 195 Å². The van der Waals surface area contributed by atoms with E-state index in [1.54, 1.807) is 41.1 Å². The van der Waals surface area contributed by atoms with Crippen LogP contribution in [0.1, 0.15) is 126 Å². The lowest BCUT2D eigenvalue weighted by Crippen LogP contribution is -2.58. The van der Waals surface area contributed by atoms with Gasteiger partial charge in [0.2, 0.25) is 5.79 Å². The number of cyclic esters (lactones) is 1. The highest BCUT2D eigenvalue weighted by Gasteiger charge is 2.51. The molecule has 1 unspecified atom stereocenters. The number of amides is 1. The Labute approximate surface area is 393 Å². The number of ether oxygens (including phenoxy) is 5. The number of hydrogen-bond acceptors (Lipinski definition) is 13. The fourth-order valence-electron chi connectivity index (χ4n) is 10.3. The molecule has 1 amide bonds. The van der Waals surface area contributed by atoms with Gasteiger partial charge in [0.05, 0.1) is 24.9 Å². The maximum absolute atomic E-state index is 14.4. The highest BCUT2D eigenvalue weighted by atomic mass is 16.6. The number of esters is 1. The second-order valence-electron chi connectivity index (χ2n) is 20.0. The highest BCUT2D eigenvalue weighted by Crippen LogP contribution is 2.37. The Hall–Kier alpha value is -3.37. The zero-order valence-electron chi connectivity index (χ0n) is 41.3. The van der Waals surface area contributed by atoms with Crippen LogP contribution in [0.5, 0.6) is 0 Å². The van der Waals surface area contributed by atoms with Gasteiger partial charge in [-0.25, -0.2) is 4.79 Å². The number of aliphatic hydroxyl groups excluding tert-OH is 2. The first-order valence-corrected chi connectivity index (χ1v) is 24.4. The van der Waals surface area contributed by atoms with Gasteiger partial charge in [-0.2, -0.15) is 0 Å². The van der Waals surface area contributed by atoms with Crippen LogP contribution in [0.2, 0.25) is 0 Å². The van der Waals surface area contributed by atoms with Crippen molar-refractivity contribution in [2.45, 2.75) is 174 Å². The van der Waals surface area contributed by atoms with E-state index in [1.807, 2.05) is 58.1 Å². The zero-order chi connectivity index (χ0) is 48.9. The molecule has 0 spiro atoms. The Bertz CT molecular complexity index is 1770. The van der Waals surface area contributed by atoms with E-state index < -0.39 is 71.7 Å². The first-order valence-electron chi connectivity index (χ1n) is 24.4. The third-order valence-corrected chi connectivity index (χ3v) is 14.8. The van der Waals surface area contributed by atoms with E-state index in [4.69, 9.17) is 23.7 Å². The number of carbonyl (C=O) groups is 5. The second kappa shape index (κ2) is 25.8. The van der Waals surface area contributed by atoms with Crippen LogP contribution < -0.4 is 0 Å². The quantitative estimate of drug-likeness (QED) is 0.150. The molecule has 15 atom stereocenters. The van der Waals surface area contributed by atoms with Crippen LogP contribution in [0.3, 0.4) is 0 Å². The highest BCUT2D eigenvalue weighted by molar-refractivity contribution is 6.39. The number of piperidine rings is 1. The fraction of sp³-hybridized carbons (Fsp3) is 0.750. The van der Waals surface area contributed by atoms with Crippen molar-refractivity contribution < 1.29 is 63.0 Å². The lowest BCUT2D eigenvalue weighted by atomic mass is 9.78. The average Bonchev–Trinajstić information content (AvgIpc) is 3.44. The van der Waals surface area contributed by atoms with E-state index in [2.05, 4.69) is 0 Å². The van der Waals surface area contributed by atoms with Crippen molar-refractivity contribution >= 4 is 29.2 Å². The van der Waals surface area contributed by atoms with E-state index >= 15 is 0 Å². The number of methoxy groups -OCH3 is 3. The van der Waals surface area contributed by atoms with Gasteiger partial charge < -0.3 is 43.9 Å². The number of carbonyl (C=O) groups excluding carboxylic acids is 5. The summed E-state index contributed by atoms with van der Waals surface area (Å²) in [5, 5.41) is 33.8. The number of fused-ring (bicyclic) bond motifs is 4. The number of ketones is 3. The Balaban J connectivity index is 1.69. The summed E-state index contributed by atoms with van der Waals surface area (Å²) < 4.78 is 29.3. The third kappa shape index (κ3) is 14.6. The van der Waals surface area contributed by atoms with E-state index in [0.717, 1.165) is 12.0 Å². The second-order valence-corrected chi connectivity index (χ2v) is 20.0. The molecule has 3 fully saturated rings. The normalized spacial score (nSPS) is 39.4. The molecule has 3 N–H and O–H groups in total. The van der Waals surface area contributed by atoms with Crippen molar-refractivity contribution in [1.82, 2.24) is 4.90 Å². The van der Waals surface area contributed by atoms with Gasteiger partial charge in [-0.3, -0.25) is 19.2 Å². The summed E-state index contributed by atoms with van der Waals surface area (Å²) in [6.07, 6.45) is 12.5. The summed E-state index contributed by atoms with van der Waals surface area (Å²) in [7, 11) is 4.58. The Morgan fingerprint density at radius 1 is 0.848 bits per heavy atom. The van der Waals surface area contributed by atoms with Gasteiger partial charge in [-0.15, -0.1) is 0 Å². The number of nitrogens with zero attached hydrogens (tertiary/aromatic N) is 1. The van der Waals surface area contributed by atoms with Crippen LogP contribution in [-0.2, 0) is 47.7 Å². The van der Waals surface area contributed by atoms with Gasteiger partial charge in [0.1, 0.15) is 30.1 Å². The molecule has 372 valence electrons. The lowest BCUT2D eigenvalue weighted by molar-refractivity contribution is -0.225. The number of allylic oxidation sites excluding steroid dienone is 6. The summed E-state index contributed by atoms with van der Waals surface area (Å²) in [5.41, 5.74) is 1.35. The SMILES string of the molecule is CO[C@H]1CC2CC[C@@H](C)[C@@](O)(OC2)C(=O)C(=O)N2CCCC[C@H]2C(=O)O[C@H]([C@H](C)C[C@@H]2CC[C@@H](O)[C@H](OC)C2)CC(=O)[C@H](C)/C=C(\C)[C@@H](O)[C@@H](OC)C(=O)[C@H](C)C[C@H](C)/C=C/C=C/C=C1C. The summed E-state index contributed by atoms with van der Waals surface area (Å²) in [5.74, 6) is -7.98. The molecule has 0 aromatic carbocycles. The monoisotopic (exact) mass is 928 g/mol. The first kappa shape index (κ1) is 55.2. The summed E-state index contributed by atoms with van der Waals surface area (Å²) in [6, 6.07) is -1.13. The zero-order valence-corrected chi connectivity index (χ0v) is 41.3. The Kier molecular flexibility index (Phi) is 21.6. The summed E-state index contributed by atoms with van der Waals surface area (Å²) in [4.78, 5) is 71.8. The number of hydrogen-bond donors (Lipinski definition) is 3. The molecule has 0 radical (unpaired) electrons. The van der Waals surface area contributed by atoms with Crippen LogP contribution >= 0.6 is 0 Å². The van der Waals surface area contributed by atoms with Gasteiger partial charge in [0.25, 0.3) is 11.7 Å². The first-order chi connectivity index (χ1) is 31.2. The Morgan fingerprint density at radius 3 is 2.26 bits per heavy atom. The van der Waals surface area contributed by atoms with Crippen LogP contribution in [0.4, 0.5) is 0 Å². The molecule has 2 bridgehead atoms. The van der Waals surface area contributed by atoms with Crippen molar-refractivity contribution in [3.63, 3.8) is 0 Å². The van der Waals surface area contributed by atoms with Gasteiger partial charge in [-0.1, -0.05) is 71.1 Å². The molecule has 2 saturated heterocycles. The van der Waals surface area contributed by atoms with Gasteiger partial charge in [0, 0.05) is 52.0 Å². The van der Waals surface area contributed by atoms with Crippen molar-refractivity contribution in [1.29, 1.82) is 0 Å². The van der Waals surface area contributed by atoms with E-state index in [1.165, 1.54) is 12.0 Å². The molecule has 4 aliphatic rings. The minimum absolute atomic E-state index is 0.0196. The molecule has 4 rings (SSSR count).